The third-order valence-electron chi connectivity index (χ3n) is 4.50. The number of aliphatic hydroxyl groups excluding tert-OH is 1. The highest BCUT2D eigenvalue weighted by Crippen LogP contribution is 2.33. The number of hydrogen-bond acceptors (Lipinski definition) is 4. The minimum atomic E-state index is -1.22. The van der Waals surface area contributed by atoms with Gasteiger partial charge in [0.15, 0.2) is 0 Å². The molecule has 0 radical (unpaired) electrons. The number of nitrogens with zero attached hydrogens (tertiary/aromatic N) is 1. The van der Waals surface area contributed by atoms with Crippen molar-refractivity contribution in [1.82, 2.24) is 0 Å². The number of benzene rings is 2. The van der Waals surface area contributed by atoms with Crippen LogP contribution >= 0.6 is 11.8 Å². The topological polar surface area (TPSA) is 87.1 Å². The van der Waals surface area contributed by atoms with Crippen LogP contribution in [0, 0.1) is 0 Å². The van der Waals surface area contributed by atoms with Crippen LogP contribution in [-0.2, 0) is 9.59 Å². The summed E-state index contributed by atoms with van der Waals surface area (Å²) >= 11 is 6.15. The number of anilines is 1. The molecule has 140 valence electrons. The van der Waals surface area contributed by atoms with Crippen LogP contribution in [0.2, 0.25) is 0 Å². The van der Waals surface area contributed by atoms with Crippen LogP contribution < -0.4 is 9.16 Å². The van der Waals surface area contributed by atoms with Crippen LogP contribution in [-0.4, -0.2) is 35.3 Å². The predicted octanol–water partition coefficient (Wildman–Crippen LogP) is 3.38. The van der Waals surface area contributed by atoms with Crippen LogP contribution in [0.1, 0.15) is 12.8 Å². The van der Waals surface area contributed by atoms with Gasteiger partial charge in [0.05, 0.1) is 24.5 Å². The van der Waals surface area contributed by atoms with Gasteiger partial charge in [0.25, 0.3) is 5.91 Å². The molecule has 1 amide bonds. The smallest absolute Gasteiger partial charge is 0.332 e. The first-order chi connectivity index (χ1) is 12.9. The molecule has 7 heteroatoms. The second kappa shape index (κ2) is 7.82. The van der Waals surface area contributed by atoms with E-state index in [1.54, 1.807) is 31.4 Å². The van der Waals surface area contributed by atoms with E-state index in [0.29, 0.717) is 5.69 Å². The number of aliphatic hydroxyl groups is 1. The van der Waals surface area contributed by atoms with Crippen molar-refractivity contribution < 1.29 is 24.5 Å². The van der Waals surface area contributed by atoms with Crippen molar-refractivity contribution in [3.8, 4) is 16.9 Å². The van der Waals surface area contributed by atoms with Crippen molar-refractivity contribution in [2.45, 2.75) is 18.9 Å². The van der Waals surface area contributed by atoms with Gasteiger partial charge in [-0.1, -0.05) is 30.3 Å². The van der Waals surface area contributed by atoms with E-state index in [-0.39, 0.29) is 24.0 Å². The number of hydrogen-bond donors (Lipinski definition) is 2. The molecule has 0 heterocycles. The molecule has 2 aromatic rings. The summed E-state index contributed by atoms with van der Waals surface area (Å²) in [7, 11) is 1.59. The molecule has 0 aromatic heterocycles. The Morgan fingerprint density at radius 1 is 1.15 bits per heavy atom. The fraction of sp³-hybridized carbons (Fsp3) is 0.200. The molecule has 1 aliphatic carbocycles. The maximum Gasteiger partial charge on any atom is 0.332 e. The Kier molecular flexibility index (Phi) is 5.48. The number of halogens is 1. The number of rotatable bonds is 5. The van der Waals surface area contributed by atoms with Crippen molar-refractivity contribution in [2.75, 3.05) is 11.5 Å². The molecule has 1 atom stereocenters. The zero-order chi connectivity index (χ0) is 19.6. The second-order valence-electron chi connectivity index (χ2n) is 6.08. The molecule has 0 saturated carbocycles. The van der Waals surface area contributed by atoms with Crippen LogP contribution in [0.15, 0.2) is 59.7 Å². The summed E-state index contributed by atoms with van der Waals surface area (Å²) in [4.78, 5) is 23.9. The zero-order valence-corrected chi connectivity index (χ0v) is 15.3. The van der Waals surface area contributed by atoms with Crippen molar-refractivity contribution in [1.29, 1.82) is 0 Å². The Labute approximate surface area is 161 Å². The minimum Gasteiger partial charge on any atom is -0.496 e. The number of methoxy groups -OCH3 is 1. The van der Waals surface area contributed by atoms with Gasteiger partial charge in [0.1, 0.15) is 5.75 Å². The summed E-state index contributed by atoms with van der Waals surface area (Å²) in [6, 6.07) is 14.4. The summed E-state index contributed by atoms with van der Waals surface area (Å²) in [5.41, 5.74) is 1.88. The van der Waals surface area contributed by atoms with E-state index in [4.69, 9.17) is 16.5 Å². The van der Waals surface area contributed by atoms with Crippen LogP contribution in [0.4, 0.5) is 5.69 Å². The van der Waals surface area contributed by atoms with Gasteiger partial charge in [-0.25, -0.2) is 9.21 Å². The van der Waals surface area contributed by atoms with Gasteiger partial charge in [0.2, 0.25) is 0 Å². The van der Waals surface area contributed by atoms with E-state index in [1.807, 2.05) is 24.3 Å². The van der Waals surface area contributed by atoms with E-state index in [9.17, 15) is 19.8 Å². The molecular formula is C20H18ClNO5. The second-order valence-corrected chi connectivity index (χ2v) is 6.42. The van der Waals surface area contributed by atoms with E-state index < -0.39 is 18.0 Å². The molecule has 6 nitrogen and oxygen atoms in total. The maximum absolute atomic E-state index is 12.6. The number of ether oxygens (including phenoxy) is 1. The first-order valence-corrected chi connectivity index (χ1v) is 8.66. The lowest BCUT2D eigenvalue weighted by Crippen LogP contribution is -2.28. The number of carbonyl (C=O) groups excluding carboxylic acids is 1. The average Bonchev–Trinajstić information content (AvgIpc) is 3.08. The number of carbonyl (C=O) groups is 2. The Morgan fingerprint density at radius 2 is 1.81 bits per heavy atom. The molecule has 27 heavy (non-hydrogen) atoms. The summed E-state index contributed by atoms with van der Waals surface area (Å²) in [6.45, 7) is 0. The molecule has 1 unspecified atom stereocenters. The van der Waals surface area contributed by atoms with E-state index >= 15 is 0 Å². The highest BCUT2D eigenvalue weighted by Gasteiger charge is 2.35. The molecule has 0 bridgehead atoms. The van der Waals surface area contributed by atoms with Crippen LogP contribution in [0.5, 0.6) is 5.75 Å². The third-order valence-corrected chi connectivity index (χ3v) is 4.85. The van der Waals surface area contributed by atoms with Gasteiger partial charge in [-0.05, 0) is 36.6 Å². The Hall–Kier alpha value is -2.83. The molecule has 3 rings (SSSR count). The lowest BCUT2D eigenvalue weighted by Gasteiger charge is -2.18. The van der Waals surface area contributed by atoms with Gasteiger partial charge in [0, 0.05) is 22.9 Å². The van der Waals surface area contributed by atoms with Gasteiger partial charge in [-0.15, -0.1) is 0 Å². The third kappa shape index (κ3) is 3.67. The molecule has 0 saturated heterocycles. The number of amides is 1. The largest absolute Gasteiger partial charge is 0.496 e. The van der Waals surface area contributed by atoms with E-state index in [0.717, 1.165) is 21.3 Å². The first-order valence-electron chi connectivity index (χ1n) is 8.32. The van der Waals surface area contributed by atoms with Crippen molar-refractivity contribution in [2.24, 2.45) is 0 Å². The van der Waals surface area contributed by atoms with Gasteiger partial charge in [-0.2, -0.15) is 0 Å². The van der Waals surface area contributed by atoms with Crippen molar-refractivity contribution in [3.63, 3.8) is 0 Å². The monoisotopic (exact) mass is 387 g/mol. The summed E-state index contributed by atoms with van der Waals surface area (Å²) in [6.07, 6.45) is -0.799. The molecule has 0 aliphatic heterocycles. The number of aliphatic carboxylic acids is 1. The molecule has 2 N–H and O–H groups in total. The molecular weight excluding hydrogens is 370 g/mol. The SMILES string of the molecule is COc1ccccc1-c1ccc(N(Cl)C(=O)C2=C(C(=O)O)CCC2O)cc1. The average molecular weight is 388 g/mol. The van der Waals surface area contributed by atoms with Gasteiger partial charge in [-0.3, -0.25) is 4.79 Å². The first kappa shape index (κ1) is 18.9. The van der Waals surface area contributed by atoms with Crippen molar-refractivity contribution in [3.05, 3.63) is 59.7 Å². The maximum atomic E-state index is 12.6. The fourth-order valence-electron chi connectivity index (χ4n) is 3.13. The van der Waals surface area contributed by atoms with Gasteiger partial charge < -0.3 is 14.9 Å². The Bertz CT molecular complexity index is 907. The standard InChI is InChI=1S/C20H18ClNO5/c1-27-17-5-3-2-4-14(17)12-6-8-13(9-7-12)22(21)19(24)18-15(20(25)26)10-11-16(18)23/h2-9,16,23H,10-11H2,1H3,(H,25,26). The van der Waals surface area contributed by atoms with Crippen LogP contribution in [0.3, 0.4) is 0 Å². The molecule has 0 fully saturated rings. The highest BCUT2D eigenvalue weighted by molar-refractivity contribution is 6.39. The lowest BCUT2D eigenvalue weighted by atomic mass is 10.0. The molecule has 1 aliphatic rings. The highest BCUT2D eigenvalue weighted by atomic mass is 35.5. The minimum absolute atomic E-state index is 0.0937. The summed E-state index contributed by atoms with van der Waals surface area (Å²) in [5, 5.41) is 19.2. The Balaban J connectivity index is 1.88. The predicted molar refractivity (Wildman–Crippen MR) is 102 cm³/mol. The lowest BCUT2D eigenvalue weighted by molar-refractivity contribution is -0.133. The van der Waals surface area contributed by atoms with E-state index in [1.165, 1.54) is 0 Å². The van der Waals surface area contributed by atoms with Gasteiger partial charge >= 0.3 is 5.97 Å². The Morgan fingerprint density at radius 3 is 2.44 bits per heavy atom. The normalized spacial score (nSPS) is 16.3. The number of carboxylic acids is 1. The van der Waals surface area contributed by atoms with Crippen LogP contribution in [0.25, 0.3) is 11.1 Å². The number of para-hydroxylation sites is 1. The quantitative estimate of drug-likeness (QED) is 0.768. The fourth-order valence-corrected chi connectivity index (χ4v) is 3.34. The van der Waals surface area contributed by atoms with Crippen molar-refractivity contribution >= 4 is 29.3 Å². The zero-order valence-electron chi connectivity index (χ0n) is 14.6. The summed E-state index contributed by atoms with van der Waals surface area (Å²) in [5.74, 6) is -1.23. The van der Waals surface area contributed by atoms with E-state index in [2.05, 4.69) is 0 Å². The molecule has 0 spiro atoms. The number of carboxylic acid groups (broad SMARTS) is 1. The summed E-state index contributed by atoms with van der Waals surface area (Å²) < 4.78 is 6.18. The molecule has 2 aromatic carbocycles.